The van der Waals surface area contributed by atoms with E-state index in [1.54, 1.807) is 0 Å². The predicted octanol–water partition coefficient (Wildman–Crippen LogP) is 10.6. The van der Waals surface area contributed by atoms with Crippen molar-refractivity contribution < 1.29 is 0 Å². The molecule has 1 heterocycles. The number of para-hydroxylation sites is 2. The lowest BCUT2D eigenvalue weighted by atomic mass is 10.0. The van der Waals surface area contributed by atoms with Gasteiger partial charge in [0.1, 0.15) is 0 Å². The van der Waals surface area contributed by atoms with Gasteiger partial charge < -0.3 is 9.47 Å². The van der Waals surface area contributed by atoms with Crippen molar-refractivity contribution in [3.63, 3.8) is 0 Å². The monoisotopic (exact) mass is 514 g/mol. The maximum Gasteiger partial charge on any atom is 0.0491 e. The fraction of sp³-hybridized carbons (Fsp3) is 0.0526. The number of hydrogen-bond acceptors (Lipinski definition) is 1. The predicted molar refractivity (Wildman–Crippen MR) is 171 cm³/mol. The van der Waals surface area contributed by atoms with E-state index < -0.39 is 0 Å². The van der Waals surface area contributed by atoms with Gasteiger partial charge in [0.25, 0.3) is 0 Å². The molecule has 0 spiro atoms. The molecule has 0 saturated heterocycles. The molecule has 2 heteroatoms. The Hall–Kier alpha value is -5.08. The van der Waals surface area contributed by atoms with Crippen molar-refractivity contribution in [3.05, 3.63) is 152 Å². The smallest absolute Gasteiger partial charge is 0.0491 e. The molecule has 0 fully saturated rings. The lowest BCUT2D eigenvalue weighted by Crippen LogP contribution is -2.09. The van der Waals surface area contributed by atoms with Crippen LogP contribution in [-0.2, 0) is 6.54 Å². The molecule has 0 saturated carbocycles. The van der Waals surface area contributed by atoms with Crippen molar-refractivity contribution in [3.8, 4) is 22.3 Å². The Bertz CT molecular complexity index is 1920. The number of hydrogen-bond donors (Lipinski definition) is 0. The minimum Gasteiger partial charge on any atom is -0.341 e. The van der Waals surface area contributed by atoms with Crippen LogP contribution in [0.4, 0.5) is 17.1 Å². The molecule has 0 unspecified atom stereocenters. The molecule has 0 radical (unpaired) electrons. The number of nitrogens with zero attached hydrogens (tertiary/aromatic N) is 2. The summed E-state index contributed by atoms with van der Waals surface area (Å²) >= 11 is 0. The van der Waals surface area contributed by atoms with Crippen molar-refractivity contribution in [2.75, 3.05) is 4.90 Å². The van der Waals surface area contributed by atoms with E-state index >= 15 is 0 Å². The highest BCUT2D eigenvalue weighted by Gasteiger charge is 2.15. The Morgan fingerprint density at radius 2 is 0.975 bits per heavy atom. The Morgan fingerprint density at radius 1 is 0.425 bits per heavy atom. The number of rotatable bonds is 6. The Morgan fingerprint density at radius 3 is 1.75 bits per heavy atom. The zero-order valence-corrected chi connectivity index (χ0v) is 22.5. The number of anilines is 3. The zero-order chi connectivity index (χ0) is 26.9. The third-order valence-electron chi connectivity index (χ3n) is 7.77. The van der Waals surface area contributed by atoms with E-state index in [9.17, 15) is 0 Å². The van der Waals surface area contributed by atoms with Crippen LogP contribution in [0.15, 0.2) is 152 Å². The van der Waals surface area contributed by atoms with Crippen molar-refractivity contribution in [1.82, 2.24) is 4.57 Å². The van der Waals surface area contributed by atoms with E-state index in [-0.39, 0.29) is 0 Å². The average Bonchev–Trinajstić information content (AvgIpc) is 3.35. The summed E-state index contributed by atoms with van der Waals surface area (Å²) in [7, 11) is 0. The van der Waals surface area contributed by atoms with E-state index in [4.69, 9.17) is 0 Å². The highest BCUT2D eigenvalue weighted by molar-refractivity contribution is 6.09. The Balaban J connectivity index is 1.32. The third-order valence-corrected chi connectivity index (χ3v) is 7.77. The molecule has 2 nitrogen and oxygen atoms in total. The largest absolute Gasteiger partial charge is 0.341 e. The topological polar surface area (TPSA) is 8.17 Å². The summed E-state index contributed by atoms with van der Waals surface area (Å²) in [6.45, 7) is 3.17. The molecule has 7 rings (SSSR count). The summed E-state index contributed by atoms with van der Waals surface area (Å²) in [6.07, 6.45) is 0. The van der Waals surface area contributed by atoms with Crippen molar-refractivity contribution in [2.45, 2.75) is 13.5 Å². The molecular weight excluding hydrogens is 484 g/mol. The van der Waals surface area contributed by atoms with Crippen LogP contribution in [-0.4, -0.2) is 4.57 Å². The van der Waals surface area contributed by atoms with Crippen LogP contribution in [0.25, 0.3) is 44.1 Å². The number of aromatic nitrogens is 1. The van der Waals surface area contributed by atoms with E-state index in [0.717, 1.165) is 23.6 Å². The standard InChI is InChI=1S/C38H30N2/c1-2-39-37-19-10-9-18-35(37)36-27-31(22-25-38(36)39)30-14-11-17-34(26-30)40(32-15-7-4-8-16-32)33-23-20-29(21-24-33)28-12-5-3-6-13-28/h3-27H,2H2,1H3. The maximum absolute atomic E-state index is 2.40. The molecule has 0 bridgehead atoms. The van der Waals surface area contributed by atoms with Gasteiger partial charge in [0.15, 0.2) is 0 Å². The summed E-state index contributed by atoms with van der Waals surface area (Å²) in [4.78, 5) is 2.33. The fourth-order valence-electron chi connectivity index (χ4n) is 5.86. The quantitative estimate of drug-likeness (QED) is 0.214. The number of fused-ring (bicyclic) bond motifs is 3. The van der Waals surface area contributed by atoms with Crippen molar-refractivity contribution >= 4 is 38.9 Å². The molecular formula is C38H30N2. The minimum absolute atomic E-state index is 0.952. The Labute approximate surface area is 235 Å². The van der Waals surface area contributed by atoms with Crippen LogP contribution in [0.1, 0.15) is 6.92 Å². The van der Waals surface area contributed by atoms with Crippen molar-refractivity contribution in [1.29, 1.82) is 0 Å². The van der Waals surface area contributed by atoms with Crippen LogP contribution in [0.5, 0.6) is 0 Å². The lowest BCUT2D eigenvalue weighted by molar-refractivity contribution is 0.827. The van der Waals surface area contributed by atoms with Gasteiger partial charge in [-0.15, -0.1) is 0 Å². The first-order valence-electron chi connectivity index (χ1n) is 13.9. The van der Waals surface area contributed by atoms with Gasteiger partial charge in [0.05, 0.1) is 0 Å². The van der Waals surface area contributed by atoms with Crippen LogP contribution < -0.4 is 4.90 Å². The first-order valence-corrected chi connectivity index (χ1v) is 13.9. The van der Waals surface area contributed by atoms with Crippen LogP contribution in [0, 0.1) is 0 Å². The van der Waals surface area contributed by atoms with Gasteiger partial charge in [-0.1, -0.05) is 97.1 Å². The first-order chi connectivity index (χ1) is 19.8. The van der Waals surface area contributed by atoms with Gasteiger partial charge in [-0.3, -0.25) is 0 Å². The average molecular weight is 515 g/mol. The van der Waals surface area contributed by atoms with Gasteiger partial charge in [-0.05, 0) is 83.8 Å². The van der Waals surface area contributed by atoms with Crippen LogP contribution in [0.3, 0.4) is 0 Å². The molecule has 40 heavy (non-hydrogen) atoms. The number of benzene rings is 6. The minimum atomic E-state index is 0.952. The zero-order valence-electron chi connectivity index (χ0n) is 22.5. The molecule has 1 aromatic heterocycles. The summed E-state index contributed by atoms with van der Waals surface area (Å²) in [6, 6.07) is 54.5. The normalized spacial score (nSPS) is 11.2. The van der Waals surface area contributed by atoms with Gasteiger partial charge >= 0.3 is 0 Å². The summed E-state index contributed by atoms with van der Waals surface area (Å²) in [5.74, 6) is 0. The molecule has 0 aliphatic rings. The molecule has 0 aliphatic carbocycles. The molecule has 6 aromatic carbocycles. The van der Waals surface area contributed by atoms with E-state index in [2.05, 4.69) is 168 Å². The molecule has 0 N–H and O–H groups in total. The first kappa shape index (κ1) is 24.0. The molecule has 192 valence electrons. The maximum atomic E-state index is 2.40. The second-order valence-electron chi connectivity index (χ2n) is 10.1. The summed E-state index contributed by atoms with van der Waals surface area (Å²) in [5, 5.41) is 2.61. The molecule has 7 aromatic rings. The van der Waals surface area contributed by atoms with Gasteiger partial charge in [0.2, 0.25) is 0 Å². The van der Waals surface area contributed by atoms with Crippen LogP contribution in [0.2, 0.25) is 0 Å². The molecule has 0 atom stereocenters. The Kier molecular flexibility index (Phi) is 6.14. The lowest BCUT2D eigenvalue weighted by Gasteiger charge is -2.26. The summed E-state index contributed by atoms with van der Waals surface area (Å²) in [5.41, 5.74) is 10.8. The van der Waals surface area contributed by atoms with E-state index in [0.29, 0.717) is 0 Å². The second-order valence-corrected chi connectivity index (χ2v) is 10.1. The highest BCUT2D eigenvalue weighted by atomic mass is 15.1. The third kappa shape index (κ3) is 4.24. The van der Waals surface area contributed by atoms with E-state index in [1.165, 1.54) is 44.1 Å². The van der Waals surface area contributed by atoms with Gasteiger partial charge in [-0.25, -0.2) is 0 Å². The highest BCUT2D eigenvalue weighted by Crippen LogP contribution is 2.38. The summed E-state index contributed by atoms with van der Waals surface area (Å²) < 4.78 is 2.40. The van der Waals surface area contributed by atoms with E-state index in [1.807, 2.05) is 0 Å². The molecule has 0 aliphatic heterocycles. The SMILES string of the molecule is CCn1c2ccccc2c2cc(-c3cccc(N(c4ccccc4)c4ccc(-c5ccccc5)cc4)c3)ccc21. The number of aryl methyl sites for hydroxylation is 1. The second kappa shape index (κ2) is 10.2. The van der Waals surface area contributed by atoms with Crippen LogP contribution >= 0.6 is 0 Å². The fourth-order valence-corrected chi connectivity index (χ4v) is 5.86. The van der Waals surface area contributed by atoms with Gasteiger partial charge in [-0.2, -0.15) is 0 Å². The van der Waals surface area contributed by atoms with Crippen molar-refractivity contribution in [2.24, 2.45) is 0 Å². The molecule has 0 amide bonds. The van der Waals surface area contributed by atoms with Gasteiger partial charge in [0, 0.05) is 45.4 Å².